The molecule has 0 aliphatic heterocycles. The molecular formula is C13H15ClN4S. The molecule has 100 valence electrons. The topological polar surface area (TPSA) is 64.7 Å². The van der Waals surface area contributed by atoms with Gasteiger partial charge in [0.1, 0.15) is 21.7 Å². The monoisotopic (exact) mass is 294 g/mol. The molecule has 0 aliphatic carbocycles. The summed E-state index contributed by atoms with van der Waals surface area (Å²) in [6.45, 7) is 6.16. The summed E-state index contributed by atoms with van der Waals surface area (Å²) in [4.78, 5) is 13.0. The molecule has 19 heavy (non-hydrogen) atoms. The highest BCUT2D eigenvalue weighted by Gasteiger charge is 2.19. The Morgan fingerprint density at radius 2 is 1.89 bits per heavy atom. The van der Waals surface area contributed by atoms with Gasteiger partial charge in [0.15, 0.2) is 0 Å². The molecule has 0 fully saturated rings. The number of nitrogen functional groups attached to an aromatic ring is 1. The smallest absolute Gasteiger partial charge is 0.137 e. The van der Waals surface area contributed by atoms with Crippen LogP contribution in [0.1, 0.15) is 26.6 Å². The number of hydrogen-bond acceptors (Lipinski definition) is 5. The SMILES string of the molecule is CC(C)(C)c1nc(N)cc(Sc2ccc(Cl)cn2)n1. The van der Waals surface area contributed by atoms with Crippen LogP contribution in [-0.4, -0.2) is 15.0 Å². The summed E-state index contributed by atoms with van der Waals surface area (Å²) in [6, 6.07) is 5.39. The molecule has 0 aliphatic rings. The summed E-state index contributed by atoms with van der Waals surface area (Å²) >= 11 is 7.25. The van der Waals surface area contributed by atoms with Crippen molar-refractivity contribution >= 4 is 29.2 Å². The second-order valence-corrected chi connectivity index (χ2v) is 6.60. The normalized spacial score (nSPS) is 11.6. The molecule has 2 heterocycles. The van der Waals surface area contributed by atoms with Gasteiger partial charge in [-0.15, -0.1) is 0 Å². The summed E-state index contributed by atoms with van der Waals surface area (Å²) in [5.41, 5.74) is 5.69. The average molecular weight is 295 g/mol. The third kappa shape index (κ3) is 3.81. The van der Waals surface area contributed by atoms with Gasteiger partial charge in [-0.2, -0.15) is 0 Å². The van der Waals surface area contributed by atoms with Gasteiger partial charge < -0.3 is 5.73 Å². The van der Waals surface area contributed by atoms with Crippen molar-refractivity contribution in [3.05, 3.63) is 35.2 Å². The summed E-state index contributed by atoms with van der Waals surface area (Å²) in [6.07, 6.45) is 1.61. The minimum atomic E-state index is -0.141. The molecule has 0 atom stereocenters. The first-order chi connectivity index (χ1) is 8.84. The first kappa shape index (κ1) is 14.1. The third-order valence-electron chi connectivity index (χ3n) is 2.30. The molecule has 2 rings (SSSR count). The fraction of sp³-hybridized carbons (Fsp3) is 0.308. The van der Waals surface area contributed by atoms with Gasteiger partial charge in [0.2, 0.25) is 0 Å². The Kier molecular flexibility index (Phi) is 3.96. The number of nitrogens with two attached hydrogens (primary N) is 1. The van der Waals surface area contributed by atoms with Gasteiger partial charge in [-0.3, -0.25) is 0 Å². The third-order valence-corrected chi connectivity index (χ3v) is 3.40. The standard InChI is InChI=1S/C13H15ClN4S/c1-13(2,3)12-17-9(15)6-11(18-12)19-10-5-4-8(14)7-16-10/h4-7H,1-3H3,(H2,15,17,18). The molecule has 0 bridgehead atoms. The maximum Gasteiger partial charge on any atom is 0.137 e. The average Bonchev–Trinajstić information content (AvgIpc) is 2.30. The van der Waals surface area contributed by atoms with E-state index in [1.54, 1.807) is 18.3 Å². The van der Waals surface area contributed by atoms with Crippen molar-refractivity contribution in [2.45, 2.75) is 36.2 Å². The van der Waals surface area contributed by atoms with Gasteiger partial charge in [0.25, 0.3) is 0 Å². The Balaban J connectivity index is 2.30. The number of hydrogen-bond donors (Lipinski definition) is 1. The van der Waals surface area contributed by atoms with E-state index in [1.165, 1.54) is 11.8 Å². The quantitative estimate of drug-likeness (QED) is 0.858. The van der Waals surface area contributed by atoms with Crippen LogP contribution in [0.3, 0.4) is 0 Å². The predicted octanol–water partition coefficient (Wildman–Crippen LogP) is 3.56. The van der Waals surface area contributed by atoms with Gasteiger partial charge >= 0.3 is 0 Å². The van der Waals surface area contributed by atoms with Gasteiger partial charge in [-0.05, 0) is 23.9 Å². The summed E-state index contributed by atoms with van der Waals surface area (Å²) in [5.74, 6) is 1.19. The van der Waals surface area contributed by atoms with Crippen LogP contribution < -0.4 is 5.73 Å². The zero-order chi connectivity index (χ0) is 14.0. The summed E-state index contributed by atoms with van der Waals surface area (Å²) in [5, 5.41) is 2.22. The van der Waals surface area contributed by atoms with Crippen LogP contribution in [0, 0.1) is 0 Å². The lowest BCUT2D eigenvalue weighted by molar-refractivity contribution is 0.539. The minimum Gasteiger partial charge on any atom is -0.384 e. The van der Waals surface area contributed by atoms with E-state index < -0.39 is 0 Å². The van der Waals surface area contributed by atoms with Gasteiger partial charge in [-0.1, -0.05) is 32.4 Å². The van der Waals surface area contributed by atoms with E-state index in [9.17, 15) is 0 Å². The molecule has 0 unspecified atom stereocenters. The van der Waals surface area contributed by atoms with Crippen LogP contribution >= 0.6 is 23.4 Å². The highest BCUT2D eigenvalue weighted by molar-refractivity contribution is 7.99. The lowest BCUT2D eigenvalue weighted by atomic mass is 9.96. The number of anilines is 1. The second kappa shape index (κ2) is 5.35. The number of halogens is 1. The molecule has 6 heteroatoms. The van der Waals surface area contributed by atoms with Crippen molar-refractivity contribution in [3.8, 4) is 0 Å². The van der Waals surface area contributed by atoms with Crippen molar-refractivity contribution in [3.63, 3.8) is 0 Å². The van der Waals surface area contributed by atoms with Crippen molar-refractivity contribution in [2.24, 2.45) is 0 Å². The van der Waals surface area contributed by atoms with E-state index >= 15 is 0 Å². The van der Waals surface area contributed by atoms with E-state index in [1.807, 2.05) is 6.07 Å². The van der Waals surface area contributed by atoms with Crippen LogP contribution in [0.5, 0.6) is 0 Å². The maximum absolute atomic E-state index is 5.83. The molecule has 0 saturated heterocycles. The number of pyridine rings is 1. The molecule has 0 amide bonds. The van der Waals surface area contributed by atoms with Gasteiger partial charge in [-0.25, -0.2) is 15.0 Å². The molecule has 2 aromatic heterocycles. The van der Waals surface area contributed by atoms with E-state index in [2.05, 4.69) is 35.7 Å². The first-order valence-electron chi connectivity index (χ1n) is 5.79. The number of rotatable bonds is 2. The molecule has 0 aromatic carbocycles. The summed E-state index contributed by atoms with van der Waals surface area (Å²) in [7, 11) is 0. The largest absolute Gasteiger partial charge is 0.384 e. The van der Waals surface area contributed by atoms with Crippen molar-refractivity contribution in [1.82, 2.24) is 15.0 Å². The van der Waals surface area contributed by atoms with E-state index in [4.69, 9.17) is 17.3 Å². The minimum absolute atomic E-state index is 0.141. The highest BCUT2D eigenvalue weighted by atomic mass is 35.5. The fourth-order valence-corrected chi connectivity index (χ4v) is 2.24. The molecule has 0 spiro atoms. The molecular weight excluding hydrogens is 280 g/mol. The Morgan fingerprint density at radius 1 is 1.16 bits per heavy atom. The van der Waals surface area contributed by atoms with Crippen LogP contribution in [0.4, 0.5) is 5.82 Å². The maximum atomic E-state index is 5.83. The van der Waals surface area contributed by atoms with Crippen LogP contribution in [0.15, 0.2) is 34.4 Å². The zero-order valence-electron chi connectivity index (χ0n) is 11.0. The fourth-order valence-electron chi connectivity index (χ4n) is 1.36. The molecule has 0 radical (unpaired) electrons. The predicted molar refractivity (Wildman–Crippen MR) is 78.5 cm³/mol. The molecule has 2 N–H and O–H groups in total. The number of aromatic nitrogens is 3. The first-order valence-corrected chi connectivity index (χ1v) is 6.98. The molecule has 4 nitrogen and oxygen atoms in total. The van der Waals surface area contributed by atoms with E-state index in [0.717, 1.165) is 15.9 Å². The highest BCUT2D eigenvalue weighted by Crippen LogP contribution is 2.28. The molecule has 0 saturated carbocycles. The Bertz CT molecular complexity index is 578. The van der Waals surface area contributed by atoms with Gasteiger partial charge in [0, 0.05) is 17.7 Å². The van der Waals surface area contributed by atoms with Gasteiger partial charge in [0.05, 0.1) is 5.02 Å². The van der Waals surface area contributed by atoms with Crippen LogP contribution in [0.25, 0.3) is 0 Å². The van der Waals surface area contributed by atoms with E-state index in [0.29, 0.717) is 10.8 Å². The zero-order valence-corrected chi connectivity index (χ0v) is 12.6. The second-order valence-electron chi connectivity index (χ2n) is 5.12. The lowest BCUT2D eigenvalue weighted by Gasteiger charge is -2.17. The van der Waals surface area contributed by atoms with Crippen molar-refractivity contribution in [1.29, 1.82) is 0 Å². The Morgan fingerprint density at radius 3 is 2.47 bits per heavy atom. The van der Waals surface area contributed by atoms with Crippen LogP contribution in [-0.2, 0) is 5.41 Å². The Labute approximate surface area is 121 Å². The molecule has 2 aromatic rings. The van der Waals surface area contributed by atoms with E-state index in [-0.39, 0.29) is 5.41 Å². The lowest BCUT2D eigenvalue weighted by Crippen LogP contribution is -2.17. The van der Waals surface area contributed by atoms with Crippen LogP contribution in [0.2, 0.25) is 5.02 Å². The van der Waals surface area contributed by atoms with Crippen molar-refractivity contribution < 1.29 is 0 Å². The van der Waals surface area contributed by atoms with Crippen molar-refractivity contribution in [2.75, 3.05) is 5.73 Å². The number of nitrogens with zero attached hydrogens (tertiary/aromatic N) is 3. The Hall–Kier alpha value is -1.33. The summed E-state index contributed by atoms with van der Waals surface area (Å²) < 4.78 is 0.